The first-order valence-corrected chi connectivity index (χ1v) is 8.68. The summed E-state index contributed by atoms with van der Waals surface area (Å²) in [5, 5.41) is 9.33. The molecule has 1 unspecified atom stereocenters. The fraction of sp³-hybridized carbons (Fsp3) is 0.333. The van der Waals surface area contributed by atoms with E-state index in [1.807, 2.05) is 31.2 Å². The summed E-state index contributed by atoms with van der Waals surface area (Å²) in [5.74, 6) is -0.392. The lowest BCUT2D eigenvalue weighted by molar-refractivity contribution is -0.147. The largest absolute Gasteiger partial charge is 0.489 e. The summed E-state index contributed by atoms with van der Waals surface area (Å²) in [5.41, 5.74) is 1.89. The number of carboxylic acids is 1. The number of benzene rings is 2. The van der Waals surface area contributed by atoms with Crippen LogP contribution in [0.2, 0.25) is 0 Å². The number of hydrogen-bond donors (Lipinski definition) is 1. The van der Waals surface area contributed by atoms with Crippen molar-refractivity contribution in [3.63, 3.8) is 0 Å². The van der Waals surface area contributed by atoms with E-state index >= 15 is 0 Å². The van der Waals surface area contributed by atoms with Crippen LogP contribution < -0.4 is 4.74 Å². The number of hydrogen-bond acceptors (Lipinski definition) is 3. The van der Waals surface area contributed by atoms with Gasteiger partial charge in [-0.05, 0) is 44.0 Å². The summed E-state index contributed by atoms with van der Waals surface area (Å²) >= 11 is 0. The number of ether oxygens (including phenoxy) is 1. The summed E-state index contributed by atoms with van der Waals surface area (Å²) in [6.07, 6.45) is 0.470. The van der Waals surface area contributed by atoms with E-state index in [1.54, 1.807) is 30.0 Å². The highest BCUT2D eigenvalue weighted by Crippen LogP contribution is 2.31. The van der Waals surface area contributed by atoms with Gasteiger partial charge in [0.05, 0.1) is 5.41 Å². The lowest BCUT2D eigenvalue weighted by Gasteiger charge is -2.20. The average Bonchev–Trinajstić information content (AvgIpc) is 3.03. The van der Waals surface area contributed by atoms with Crippen molar-refractivity contribution in [2.24, 2.45) is 5.41 Å². The second-order valence-corrected chi connectivity index (χ2v) is 7.15. The van der Waals surface area contributed by atoms with Crippen molar-refractivity contribution in [2.75, 3.05) is 13.1 Å². The fourth-order valence-electron chi connectivity index (χ4n) is 3.18. The third-order valence-electron chi connectivity index (χ3n) is 4.85. The van der Waals surface area contributed by atoms with Crippen molar-refractivity contribution < 1.29 is 19.4 Å². The summed E-state index contributed by atoms with van der Waals surface area (Å²) < 4.78 is 5.81. The minimum absolute atomic E-state index is 0.156. The van der Waals surface area contributed by atoms with E-state index in [0.717, 1.165) is 5.56 Å². The number of aryl methyl sites for hydroxylation is 1. The number of amides is 1. The van der Waals surface area contributed by atoms with Gasteiger partial charge >= 0.3 is 5.97 Å². The number of carboxylic acid groups (broad SMARTS) is 1. The Hall–Kier alpha value is -2.82. The van der Waals surface area contributed by atoms with Gasteiger partial charge in [-0.3, -0.25) is 9.59 Å². The molecule has 1 aliphatic rings. The van der Waals surface area contributed by atoms with Gasteiger partial charge in [-0.1, -0.05) is 35.9 Å². The van der Waals surface area contributed by atoms with Crippen molar-refractivity contribution in [3.05, 3.63) is 65.2 Å². The van der Waals surface area contributed by atoms with Crippen LogP contribution >= 0.6 is 0 Å². The first-order chi connectivity index (χ1) is 12.4. The second-order valence-electron chi connectivity index (χ2n) is 7.15. The molecule has 0 saturated carbocycles. The Balaban J connectivity index is 1.67. The van der Waals surface area contributed by atoms with Crippen LogP contribution in [-0.2, 0) is 11.4 Å². The Morgan fingerprint density at radius 3 is 2.65 bits per heavy atom. The molecule has 0 spiro atoms. The number of rotatable bonds is 5. The Kier molecular flexibility index (Phi) is 4.98. The highest BCUT2D eigenvalue weighted by atomic mass is 16.5. The number of nitrogens with zero attached hydrogens (tertiary/aromatic N) is 1. The van der Waals surface area contributed by atoms with E-state index in [1.165, 1.54) is 5.56 Å². The van der Waals surface area contributed by atoms with Gasteiger partial charge in [0.1, 0.15) is 12.4 Å². The molecule has 1 fully saturated rings. The maximum Gasteiger partial charge on any atom is 0.311 e. The van der Waals surface area contributed by atoms with Gasteiger partial charge in [-0.15, -0.1) is 0 Å². The van der Waals surface area contributed by atoms with Crippen LogP contribution in [0.3, 0.4) is 0 Å². The summed E-state index contributed by atoms with van der Waals surface area (Å²) in [6, 6.07) is 15.1. The first-order valence-electron chi connectivity index (χ1n) is 8.68. The summed E-state index contributed by atoms with van der Waals surface area (Å²) in [4.78, 5) is 25.7. The monoisotopic (exact) mass is 353 g/mol. The molecular weight excluding hydrogens is 330 g/mol. The van der Waals surface area contributed by atoms with Crippen LogP contribution in [0.4, 0.5) is 0 Å². The molecule has 1 atom stereocenters. The third kappa shape index (κ3) is 3.87. The molecule has 2 aromatic carbocycles. The van der Waals surface area contributed by atoms with Crippen molar-refractivity contribution >= 4 is 11.9 Å². The lowest BCUT2D eigenvalue weighted by Crippen LogP contribution is -2.34. The van der Waals surface area contributed by atoms with E-state index < -0.39 is 11.4 Å². The maximum absolute atomic E-state index is 12.7. The van der Waals surface area contributed by atoms with Gasteiger partial charge in [-0.25, -0.2) is 0 Å². The van der Waals surface area contributed by atoms with Gasteiger partial charge in [-0.2, -0.15) is 0 Å². The summed E-state index contributed by atoms with van der Waals surface area (Å²) in [6.45, 7) is 4.83. The number of likely N-dealkylation sites (tertiary alicyclic amines) is 1. The van der Waals surface area contributed by atoms with Crippen LogP contribution in [0.25, 0.3) is 0 Å². The quantitative estimate of drug-likeness (QED) is 0.893. The molecule has 26 heavy (non-hydrogen) atoms. The van der Waals surface area contributed by atoms with E-state index in [4.69, 9.17) is 4.74 Å². The highest BCUT2D eigenvalue weighted by Gasteiger charge is 2.42. The number of aliphatic carboxylic acids is 1. The van der Waals surface area contributed by atoms with Crippen LogP contribution in [0, 0.1) is 12.3 Å². The molecule has 0 aliphatic carbocycles. The molecular formula is C21H23NO4. The zero-order chi connectivity index (χ0) is 18.7. The zero-order valence-electron chi connectivity index (χ0n) is 15.1. The standard InChI is InChI=1S/C21H23NO4/c1-15-5-3-6-16(11-15)13-26-18-8-4-7-17(12-18)19(23)22-10-9-21(2,14-22)20(24)25/h3-8,11-12H,9-10,13-14H2,1-2H3,(H,24,25). The Morgan fingerprint density at radius 1 is 1.19 bits per heavy atom. The second kappa shape index (κ2) is 7.20. The van der Waals surface area contributed by atoms with Gasteiger partial charge in [0.2, 0.25) is 0 Å². The van der Waals surface area contributed by atoms with Gasteiger partial charge < -0.3 is 14.7 Å². The molecule has 5 nitrogen and oxygen atoms in total. The van der Waals surface area contributed by atoms with Crippen molar-refractivity contribution in [1.29, 1.82) is 0 Å². The van der Waals surface area contributed by atoms with Crippen LogP contribution in [-0.4, -0.2) is 35.0 Å². The molecule has 2 aromatic rings. The smallest absolute Gasteiger partial charge is 0.311 e. The van der Waals surface area contributed by atoms with Gasteiger partial charge in [0.15, 0.2) is 0 Å². The third-order valence-corrected chi connectivity index (χ3v) is 4.85. The molecule has 5 heteroatoms. The number of carbonyl (C=O) groups is 2. The molecule has 1 aliphatic heterocycles. The minimum atomic E-state index is -0.866. The van der Waals surface area contributed by atoms with Gasteiger partial charge in [0, 0.05) is 18.7 Å². The van der Waals surface area contributed by atoms with Crippen molar-refractivity contribution in [2.45, 2.75) is 26.9 Å². The average molecular weight is 353 g/mol. The predicted octanol–water partition coefficient (Wildman–Crippen LogP) is 3.51. The molecule has 0 radical (unpaired) electrons. The molecule has 1 heterocycles. The Labute approximate surface area is 153 Å². The van der Waals surface area contributed by atoms with Crippen molar-refractivity contribution in [1.82, 2.24) is 4.90 Å². The topological polar surface area (TPSA) is 66.8 Å². The number of carbonyl (C=O) groups excluding carboxylic acids is 1. The molecule has 1 N–H and O–H groups in total. The predicted molar refractivity (Wildman–Crippen MR) is 98.2 cm³/mol. The van der Waals surface area contributed by atoms with Crippen LogP contribution in [0.15, 0.2) is 48.5 Å². The zero-order valence-corrected chi connectivity index (χ0v) is 15.1. The molecule has 1 amide bonds. The Bertz CT molecular complexity index is 832. The molecule has 0 bridgehead atoms. The SMILES string of the molecule is Cc1cccc(COc2cccc(C(=O)N3CCC(C)(C(=O)O)C3)c2)c1. The minimum Gasteiger partial charge on any atom is -0.489 e. The van der Waals surface area contributed by atoms with Crippen LogP contribution in [0.5, 0.6) is 5.75 Å². The lowest BCUT2D eigenvalue weighted by atomic mass is 9.90. The Morgan fingerprint density at radius 2 is 1.96 bits per heavy atom. The highest BCUT2D eigenvalue weighted by molar-refractivity contribution is 5.95. The van der Waals surface area contributed by atoms with Crippen LogP contribution in [0.1, 0.15) is 34.8 Å². The van der Waals surface area contributed by atoms with E-state index in [-0.39, 0.29) is 12.5 Å². The van der Waals surface area contributed by atoms with Gasteiger partial charge in [0.25, 0.3) is 5.91 Å². The summed E-state index contributed by atoms with van der Waals surface area (Å²) in [7, 11) is 0. The maximum atomic E-state index is 12.7. The molecule has 3 rings (SSSR count). The van der Waals surface area contributed by atoms with E-state index in [2.05, 4.69) is 6.07 Å². The van der Waals surface area contributed by atoms with Crippen molar-refractivity contribution in [3.8, 4) is 5.75 Å². The molecule has 1 saturated heterocycles. The molecule has 0 aromatic heterocycles. The normalized spacial score (nSPS) is 19.4. The molecule has 136 valence electrons. The fourth-order valence-corrected chi connectivity index (χ4v) is 3.18. The van der Waals surface area contributed by atoms with E-state index in [0.29, 0.717) is 30.9 Å². The first kappa shape index (κ1) is 18.0. The van der Waals surface area contributed by atoms with E-state index in [9.17, 15) is 14.7 Å².